The predicted octanol–water partition coefficient (Wildman–Crippen LogP) is 1.89. The van der Waals surface area contributed by atoms with Gasteiger partial charge >= 0.3 is 6.03 Å². The lowest BCUT2D eigenvalue weighted by molar-refractivity contribution is -0.136. The minimum atomic E-state index is -3.31. The first-order valence-corrected chi connectivity index (χ1v) is 16.6. The van der Waals surface area contributed by atoms with E-state index in [0.717, 1.165) is 64.7 Å². The SMILES string of the molecule is CNC(=O)NC1CCC(S(=O)(=O)N2CCC(C3CCN4NCC(C(=O)N5CCCCCC5)C4C3)CC2)CC1. The van der Waals surface area contributed by atoms with E-state index in [1.807, 2.05) is 0 Å². The molecule has 11 heteroatoms. The van der Waals surface area contributed by atoms with E-state index >= 15 is 0 Å². The molecule has 0 spiro atoms. The zero-order chi connectivity index (χ0) is 26.7. The van der Waals surface area contributed by atoms with Crippen LogP contribution in [0.25, 0.3) is 0 Å². The largest absolute Gasteiger partial charge is 0.342 e. The second-order valence-electron chi connectivity index (χ2n) is 12.2. The van der Waals surface area contributed by atoms with Crippen molar-refractivity contribution in [3.8, 4) is 0 Å². The van der Waals surface area contributed by atoms with Crippen LogP contribution < -0.4 is 16.1 Å². The molecule has 10 nitrogen and oxygen atoms in total. The molecule has 1 saturated carbocycles. The van der Waals surface area contributed by atoms with E-state index in [1.54, 1.807) is 11.4 Å². The number of likely N-dealkylation sites (tertiary alicyclic amines) is 1. The Balaban J connectivity index is 1.12. The second kappa shape index (κ2) is 12.4. The first-order chi connectivity index (χ1) is 18.4. The maximum Gasteiger partial charge on any atom is 0.314 e. The molecule has 0 aromatic carbocycles. The Bertz CT molecular complexity index is 924. The zero-order valence-corrected chi connectivity index (χ0v) is 23.9. The molecule has 4 aliphatic heterocycles. The fraction of sp³-hybridized carbons (Fsp3) is 0.926. The van der Waals surface area contributed by atoms with Crippen LogP contribution in [0.4, 0.5) is 4.79 Å². The molecule has 4 heterocycles. The molecule has 3 atom stereocenters. The zero-order valence-electron chi connectivity index (χ0n) is 23.1. The van der Waals surface area contributed by atoms with Crippen LogP contribution in [0.5, 0.6) is 0 Å². The highest BCUT2D eigenvalue weighted by Crippen LogP contribution is 2.39. The number of urea groups is 1. The lowest BCUT2D eigenvalue weighted by atomic mass is 9.75. The maximum absolute atomic E-state index is 13.4. The number of hydrogen-bond donors (Lipinski definition) is 3. The Morgan fingerprint density at radius 2 is 1.47 bits per heavy atom. The highest BCUT2D eigenvalue weighted by Gasteiger charge is 2.46. The van der Waals surface area contributed by atoms with Crippen LogP contribution in [0.15, 0.2) is 0 Å². The molecule has 3 N–H and O–H groups in total. The van der Waals surface area contributed by atoms with E-state index in [4.69, 9.17) is 0 Å². The Kier molecular flexibility index (Phi) is 9.17. The lowest BCUT2D eigenvalue weighted by Gasteiger charge is -2.43. The summed E-state index contributed by atoms with van der Waals surface area (Å²) in [6.07, 6.45) is 11.3. The second-order valence-corrected chi connectivity index (χ2v) is 14.4. The van der Waals surface area contributed by atoms with Crippen LogP contribution >= 0.6 is 0 Å². The van der Waals surface area contributed by atoms with Gasteiger partial charge in [-0.15, -0.1) is 0 Å². The predicted molar refractivity (Wildman–Crippen MR) is 147 cm³/mol. The average molecular weight is 553 g/mol. The summed E-state index contributed by atoms with van der Waals surface area (Å²) in [6, 6.07) is 0.123. The molecule has 5 rings (SSSR count). The molecule has 0 radical (unpaired) electrons. The van der Waals surface area contributed by atoms with E-state index in [0.29, 0.717) is 56.5 Å². The number of hydrogen-bond acceptors (Lipinski definition) is 6. The van der Waals surface area contributed by atoms with Gasteiger partial charge in [-0.3, -0.25) is 10.2 Å². The van der Waals surface area contributed by atoms with E-state index < -0.39 is 10.0 Å². The van der Waals surface area contributed by atoms with Crippen LogP contribution in [-0.4, -0.2) is 98.2 Å². The van der Waals surface area contributed by atoms with Gasteiger partial charge in [-0.25, -0.2) is 22.5 Å². The number of sulfonamides is 1. The number of carbonyl (C=O) groups is 2. The Morgan fingerprint density at radius 1 is 0.816 bits per heavy atom. The normalized spacial score (nSPS) is 34.3. The molecule has 0 aromatic heterocycles. The van der Waals surface area contributed by atoms with E-state index in [9.17, 15) is 18.0 Å². The maximum atomic E-state index is 13.4. The minimum Gasteiger partial charge on any atom is -0.342 e. The Morgan fingerprint density at radius 3 is 2.13 bits per heavy atom. The topological polar surface area (TPSA) is 114 Å². The summed E-state index contributed by atoms with van der Waals surface area (Å²) < 4.78 is 28.6. The summed E-state index contributed by atoms with van der Waals surface area (Å²) in [5, 5.41) is 7.48. The van der Waals surface area contributed by atoms with Gasteiger partial charge in [0.1, 0.15) is 0 Å². The number of fused-ring (bicyclic) bond motifs is 1. The minimum absolute atomic E-state index is 0.0457. The summed E-state index contributed by atoms with van der Waals surface area (Å²) in [4.78, 5) is 27.2. The summed E-state index contributed by atoms with van der Waals surface area (Å²) in [7, 11) is -1.71. The van der Waals surface area contributed by atoms with Crippen molar-refractivity contribution in [3.63, 3.8) is 0 Å². The fourth-order valence-electron chi connectivity index (χ4n) is 7.74. The average Bonchev–Trinajstić information content (AvgIpc) is 3.17. The Hall–Kier alpha value is -1.43. The monoisotopic (exact) mass is 552 g/mol. The van der Waals surface area contributed by atoms with Crippen molar-refractivity contribution in [2.75, 3.05) is 46.3 Å². The molecular weight excluding hydrogens is 504 g/mol. The molecular formula is C27H48N6O4S. The van der Waals surface area contributed by atoms with Crippen molar-refractivity contribution in [1.29, 1.82) is 0 Å². The number of carbonyl (C=O) groups excluding carboxylic acids is 2. The third kappa shape index (κ3) is 6.15. The molecule has 0 aromatic rings. The van der Waals surface area contributed by atoms with E-state index in [1.165, 1.54) is 12.8 Å². The number of rotatable bonds is 5. The fourth-order valence-corrected chi connectivity index (χ4v) is 9.75. The lowest BCUT2D eigenvalue weighted by Crippen LogP contribution is -2.51. The van der Waals surface area contributed by atoms with Crippen LogP contribution in [0.2, 0.25) is 0 Å². The molecule has 1 aliphatic carbocycles. The van der Waals surface area contributed by atoms with Crippen molar-refractivity contribution in [2.45, 2.75) is 94.4 Å². The summed E-state index contributed by atoms with van der Waals surface area (Å²) in [5.41, 5.74) is 3.52. The van der Waals surface area contributed by atoms with Gasteiger partial charge in [0.2, 0.25) is 15.9 Å². The molecule has 216 valence electrons. The smallest absolute Gasteiger partial charge is 0.314 e. The molecule has 0 bridgehead atoms. The van der Waals surface area contributed by atoms with Crippen LogP contribution in [0.1, 0.15) is 77.0 Å². The number of nitrogens with one attached hydrogen (secondary N) is 3. The summed E-state index contributed by atoms with van der Waals surface area (Å²) in [6.45, 7) is 4.77. The van der Waals surface area contributed by atoms with E-state index in [2.05, 4.69) is 26.0 Å². The van der Waals surface area contributed by atoms with Gasteiger partial charge in [-0.05, 0) is 76.0 Å². The number of amides is 3. The van der Waals surface area contributed by atoms with Gasteiger partial charge in [-0.2, -0.15) is 0 Å². The van der Waals surface area contributed by atoms with Crippen LogP contribution in [-0.2, 0) is 14.8 Å². The molecule has 5 aliphatic rings. The van der Waals surface area contributed by atoms with Gasteiger partial charge in [-0.1, -0.05) is 12.8 Å². The number of piperidine rings is 2. The number of hydrazine groups is 1. The summed E-state index contributed by atoms with van der Waals surface area (Å²) >= 11 is 0. The standard InChI is InChI=1S/C27H48N6O4S/c1-28-27(35)30-22-6-8-23(9-7-22)38(36,37)32-15-10-20(11-16-32)21-12-17-33-25(18-21)24(19-29-33)26(34)31-13-4-2-3-5-14-31/h20-25,29H,2-19H2,1H3,(H2,28,30,35). The van der Waals surface area contributed by atoms with Crippen molar-refractivity contribution < 1.29 is 18.0 Å². The molecule has 4 saturated heterocycles. The summed E-state index contributed by atoms with van der Waals surface area (Å²) in [5.74, 6) is 1.48. The van der Waals surface area contributed by atoms with Crippen molar-refractivity contribution in [1.82, 2.24) is 30.3 Å². The molecule has 3 unspecified atom stereocenters. The third-order valence-electron chi connectivity index (χ3n) is 10.1. The van der Waals surface area contributed by atoms with Crippen molar-refractivity contribution in [3.05, 3.63) is 0 Å². The first kappa shape index (κ1) is 28.1. The van der Waals surface area contributed by atoms with Crippen LogP contribution in [0, 0.1) is 17.8 Å². The Labute approximate surface area is 228 Å². The van der Waals surface area contributed by atoms with Gasteiger partial charge in [0.15, 0.2) is 0 Å². The van der Waals surface area contributed by atoms with E-state index in [-0.39, 0.29) is 29.3 Å². The van der Waals surface area contributed by atoms with Crippen molar-refractivity contribution in [2.24, 2.45) is 17.8 Å². The first-order valence-electron chi connectivity index (χ1n) is 15.1. The molecule has 38 heavy (non-hydrogen) atoms. The van der Waals surface area contributed by atoms with Crippen molar-refractivity contribution >= 4 is 22.0 Å². The van der Waals surface area contributed by atoms with Gasteiger partial charge < -0.3 is 15.5 Å². The molecule has 3 amide bonds. The van der Waals surface area contributed by atoms with Gasteiger partial charge in [0.25, 0.3) is 0 Å². The highest BCUT2D eigenvalue weighted by atomic mass is 32.2. The third-order valence-corrected chi connectivity index (χ3v) is 12.5. The van der Waals surface area contributed by atoms with Gasteiger partial charge in [0, 0.05) is 58.4 Å². The highest BCUT2D eigenvalue weighted by molar-refractivity contribution is 7.89. The molecule has 5 fully saturated rings. The number of nitrogens with zero attached hydrogens (tertiary/aromatic N) is 3. The van der Waals surface area contributed by atoms with Gasteiger partial charge in [0.05, 0.1) is 11.2 Å². The quantitative estimate of drug-likeness (QED) is 0.480. The van der Waals surface area contributed by atoms with Crippen LogP contribution in [0.3, 0.4) is 0 Å².